The number of piperidine rings is 1. The Hall–Kier alpha value is -6.36. The molecule has 2 amide bonds. The molecule has 346 valence electrons. The van der Waals surface area contributed by atoms with Gasteiger partial charge in [-0.15, -0.1) is 0 Å². The van der Waals surface area contributed by atoms with Gasteiger partial charge in [0, 0.05) is 99.8 Å². The molecule has 1 aliphatic carbocycles. The summed E-state index contributed by atoms with van der Waals surface area (Å²) < 4.78 is 3.58. The molecule has 4 N–H and O–H groups in total. The Morgan fingerprint density at radius 1 is 1.00 bits per heavy atom. The number of piperazine rings is 1. The summed E-state index contributed by atoms with van der Waals surface area (Å²) in [7, 11) is 1.64. The Morgan fingerprint density at radius 2 is 1.79 bits per heavy atom. The third kappa shape index (κ3) is 8.60. The largest absolute Gasteiger partial charge is 0.392 e. The summed E-state index contributed by atoms with van der Waals surface area (Å²) in [6, 6.07) is 15.8. The number of hydrogen-bond acceptors (Lipinski definition) is 12. The zero-order chi connectivity index (χ0) is 46.7. The van der Waals surface area contributed by atoms with Crippen molar-refractivity contribution in [2.75, 3.05) is 64.6 Å². The second-order valence-corrected chi connectivity index (χ2v) is 19.6. The molecule has 3 aliphatic heterocycles. The number of hydrogen-bond donors (Lipinski definition) is 4. The quantitative estimate of drug-likeness (QED) is 0.121. The molecular formula is C50H61N11O5. The molecule has 4 aliphatic rings. The van der Waals surface area contributed by atoms with E-state index in [1.54, 1.807) is 50.3 Å². The Balaban J connectivity index is 0.919. The lowest BCUT2D eigenvalue weighted by Gasteiger charge is -2.47. The van der Waals surface area contributed by atoms with Crippen LogP contribution in [-0.4, -0.2) is 102 Å². The lowest BCUT2D eigenvalue weighted by atomic mass is 9.90. The van der Waals surface area contributed by atoms with Crippen molar-refractivity contribution >= 4 is 46.3 Å². The number of rotatable bonds is 11. The Morgan fingerprint density at radius 3 is 2.52 bits per heavy atom. The van der Waals surface area contributed by atoms with E-state index in [0.29, 0.717) is 64.5 Å². The van der Waals surface area contributed by atoms with Gasteiger partial charge in [-0.05, 0) is 106 Å². The van der Waals surface area contributed by atoms with E-state index in [9.17, 15) is 24.6 Å². The number of amides is 2. The molecule has 4 aromatic heterocycles. The Kier molecular flexibility index (Phi) is 11.9. The predicted molar refractivity (Wildman–Crippen MR) is 258 cm³/mol. The first-order chi connectivity index (χ1) is 31.5. The molecule has 16 nitrogen and oxygen atoms in total. The molecule has 0 spiro atoms. The highest BCUT2D eigenvalue weighted by Crippen LogP contribution is 2.40. The van der Waals surface area contributed by atoms with Crippen LogP contribution in [-0.2, 0) is 43.4 Å². The molecule has 0 saturated carbocycles. The molecular weight excluding hydrogens is 835 g/mol. The summed E-state index contributed by atoms with van der Waals surface area (Å²) in [5, 5.41) is 27.6. The zero-order valence-electron chi connectivity index (χ0n) is 38.8. The van der Waals surface area contributed by atoms with Crippen molar-refractivity contribution < 1.29 is 19.8 Å². The highest BCUT2D eigenvalue weighted by Gasteiger charge is 2.38. The maximum Gasteiger partial charge on any atom is 0.293 e. The highest BCUT2D eigenvalue weighted by atomic mass is 16.3. The Labute approximate surface area is 385 Å². The predicted octanol–water partition coefficient (Wildman–Crippen LogP) is 5.59. The molecule has 0 radical (unpaired) electrons. The van der Waals surface area contributed by atoms with Crippen LogP contribution >= 0.6 is 0 Å². The van der Waals surface area contributed by atoms with E-state index in [2.05, 4.69) is 62.2 Å². The maximum absolute atomic E-state index is 14.0. The first-order valence-electron chi connectivity index (χ1n) is 23.0. The third-order valence-corrected chi connectivity index (χ3v) is 13.8. The van der Waals surface area contributed by atoms with Crippen molar-refractivity contribution in [3.05, 3.63) is 112 Å². The lowest BCUT2D eigenvalue weighted by Crippen LogP contribution is -2.57. The fourth-order valence-electron chi connectivity index (χ4n) is 10.4. The second-order valence-electron chi connectivity index (χ2n) is 19.6. The van der Waals surface area contributed by atoms with Gasteiger partial charge < -0.3 is 39.8 Å². The van der Waals surface area contributed by atoms with Gasteiger partial charge >= 0.3 is 0 Å². The molecule has 1 atom stereocenters. The van der Waals surface area contributed by atoms with Gasteiger partial charge in [-0.25, -0.2) is 15.0 Å². The summed E-state index contributed by atoms with van der Waals surface area (Å²) in [5.74, 6) is 0.784. The maximum atomic E-state index is 14.0. The fourth-order valence-corrected chi connectivity index (χ4v) is 10.4. The van der Waals surface area contributed by atoms with Crippen molar-refractivity contribution in [2.24, 2.45) is 12.5 Å². The normalized spacial score (nSPS) is 18.9. The molecule has 16 heteroatoms. The van der Waals surface area contributed by atoms with Crippen LogP contribution in [0, 0.1) is 5.41 Å². The minimum Gasteiger partial charge on any atom is -0.392 e. The second kappa shape index (κ2) is 17.5. The molecule has 1 aromatic carbocycles. The van der Waals surface area contributed by atoms with Gasteiger partial charge in [-0.3, -0.25) is 24.2 Å². The van der Waals surface area contributed by atoms with Gasteiger partial charge in [0.15, 0.2) is 5.82 Å². The van der Waals surface area contributed by atoms with Crippen LogP contribution in [0.4, 0.5) is 34.5 Å². The van der Waals surface area contributed by atoms with Crippen LogP contribution in [0.5, 0.6) is 0 Å². The number of aliphatic hydroxyl groups excluding tert-OH is 1. The van der Waals surface area contributed by atoms with E-state index in [1.165, 1.54) is 21.9 Å². The van der Waals surface area contributed by atoms with Gasteiger partial charge in [-0.2, -0.15) is 0 Å². The third-order valence-electron chi connectivity index (χ3n) is 13.8. The summed E-state index contributed by atoms with van der Waals surface area (Å²) in [6.07, 6.45) is 8.31. The molecule has 2 saturated heterocycles. The number of aromatic nitrogens is 5. The van der Waals surface area contributed by atoms with Crippen molar-refractivity contribution in [2.45, 2.75) is 91.1 Å². The van der Waals surface area contributed by atoms with Gasteiger partial charge in [0.25, 0.3) is 11.5 Å². The van der Waals surface area contributed by atoms with E-state index < -0.39 is 12.2 Å². The first kappa shape index (κ1) is 44.8. The van der Waals surface area contributed by atoms with Crippen LogP contribution in [0.2, 0.25) is 0 Å². The van der Waals surface area contributed by atoms with Crippen molar-refractivity contribution in [1.82, 2.24) is 29.0 Å². The fraction of sp³-hybridized carbons (Fsp3) is 0.440. The van der Waals surface area contributed by atoms with Crippen molar-refractivity contribution in [1.29, 1.82) is 0 Å². The summed E-state index contributed by atoms with van der Waals surface area (Å²) in [4.78, 5) is 63.5. The molecule has 66 heavy (non-hydrogen) atoms. The minimum atomic E-state index is -0.999. The number of nitrogens with zero attached hydrogens (tertiary/aromatic N) is 9. The standard InChI is InChI=1S/C50H61N11O5/c1-8-44(63)53-37-25-33(12-13-39(37)59-21-20-58(28-31(59)2)34-15-18-57(19-16-34)43-11-9-10-42(55-43)50(5,6)66)52-45-48(65)56(7)29-38(54-45)35-14-17-51-46(36(35)30-62)61-23-22-60-40(47(61)64)24-32-26-49(3,4)27-41(32)60/h8-14,17,24-25,29,31,34,62,66H,1,15-16,18-23,26-28,30H2,2-7H3,(H,52,54)(H,53,63)/t31-/m0/s1. The van der Waals surface area contributed by atoms with Gasteiger partial charge in [-0.1, -0.05) is 26.5 Å². The number of pyridine rings is 2. The van der Waals surface area contributed by atoms with Gasteiger partial charge in [0.05, 0.1) is 29.4 Å². The number of aliphatic hydroxyl groups is 2. The van der Waals surface area contributed by atoms with Crippen LogP contribution in [0.3, 0.4) is 0 Å². The van der Waals surface area contributed by atoms with E-state index in [-0.39, 0.29) is 34.6 Å². The monoisotopic (exact) mass is 895 g/mol. The number of carbonyl (C=O) groups excluding carboxylic acids is 2. The summed E-state index contributed by atoms with van der Waals surface area (Å²) >= 11 is 0. The molecule has 0 unspecified atom stereocenters. The van der Waals surface area contributed by atoms with E-state index in [0.717, 1.165) is 69.9 Å². The number of aryl methyl sites for hydroxylation is 1. The molecule has 5 aromatic rings. The topological polar surface area (TPSA) is 177 Å². The van der Waals surface area contributed by atoms with Gasteiger partial charge in [0.2, 0.25) is 5.91 Å². The smallest absolute Gasteiger partial charge is 0.293 e. The SMILES string of the molecule is C=CC(=O)Nc1cc(Nc2nc(-c3ccnc(N4CCn5c(cc6c5CC(C)(C)C6)C4=O)c3CO)cn(C)c2=O)ccc1N1CCN(C2CCN(c3cccc(C(C)(C)O)n3)CC2)C[C@@H]1C. The number of nitrogens with one attached hydrogen (secondary N) is 2. The van der Waals surface area contributed by atoms with Crippen LogP contribution < -0.4 is 30.9 Å². The van der Waals surface area contributed by atoms with Gasteiger partial charge in [0.1, 0.15) is 22.9 Å². The molecule has 2 fully saturated rings. The van der Waals surface area contributed by atoms with Crippen LogP contribution in [0.25, 0.3) is 11.3 Å². The number of anilines is 6. The lowest BCUT2D eigenvalue weighted by molar-refractivity contribution is -0.111. The summed E-state index contributed by atoms with van der Waals surface area (Å²) in [6.45, 7) is 18.8. The Bertz CT molecular complexity index is 2760. The van der Waals surface area contributed by atoms with Crippen molar-refractivity contribution in [3.63, 3.8) is 0 Å². The molecule has 0 bridgehead atoms. The van der Waals surface area contributed by atoms with E-state index in [4.69, 9.17) is 9.97 Å². The van der Waals surface area contributed by atoms with Crippen LogP contribution in [0.1, 0.15) is 80.5 Å². The number of benzene rings is 1. The zero-order valence-corrected chi connectivity index (χ0v) is 38.8. The van der Waals surface area contributed by atoms with E-state index in [1.807, 2.05) is 36.4 Å². The molecule has 7 heterocycles. The highest BCUT2D eigenvalue weighted by molar-refractivity contribution is 6.06. The number of fused-ring (bicyclic) bond motifs is 3. The number of carbonyl (C=O) groups is 2. The molecule has 9 rings (SSSR count). The summed E-state index contributed by atoms with van der Waals surface area (Å²) in [5.41, 5.74) is 5.88. The average molecular weight is 896 g/mol. The van der Waals surface area contributed by atoms with E-state index >= 15 is 0 Å². The average Bonchev–Trinajstić information content (AvgIpc) is 3.79. The minimum absolute atomic E-state index is 0.0454. The van der Waals surface area contributed by atoms with Crippen molar-refractivity contribution in [3.8, 4) is 11.3 Å². The van der Waals surface area contributed by atoms with Crippen LogP contribution in [0.15, 0.2) is 78.4 Å². The first-order valence-corrected chi connectivity index (χ1v) is 23.0.